The van der Waals surface area contributed by atoms with Crippen molar-refractivity contribution in [3.63, 3.8) is 0 Å². The first kappa shape index (κ1) is 25.7. The van der Waals surface area contributed by atoms with Gasteiger partial charge in [0.05, 0.1) is 22.1 Å². The summed E-state index contributed by atoms with van der Waals surface area (Å²) in [7, 11) is 0. The van der Waals surface area contributed by atoms with E-state index in [0.717, 1.165) is 33.4 Å². The van der Waals surface area contributed by atoms with Crippen molar-refractivity contribution in [2.24, 2.45) is 15.7 Å². The zero-order valence-electron chi connectivity index (χ0n) is 24.0. The number of hydrogen-bond acceptors (Lipinski definition) is 1. The summed E-state index contributed by atoms with van der Waals surface area (Å²) in [5, 5.41) is 4.81. The third kappa shape index (κ3) is 4.26. The van der Waals surface area contributed by atoms with E-state index in [1.165, 1.54) is 27.1 Å². The monoisotopic (exact) mass is 567 g/mol. The Morgan fingerprint density at radius 3 is 1.70 bits per heavy atom. The van der Waals surface area contributed by atoms with Gasteiger partial charge in [-0.25, -0.2) is 9.98 Å². The maximum atomic E-state index is 6.52. The fourth-order valence-electron chi connectivity index (χ4n) is 6.28. The lowest BCUT2D eigenvalue weighted by Gasteiger charge is -2.12. The number of amidine groups is 2. The molecule has 5 heteroatoms. The second-order valence-corrected chi connectivity index (χ2v) is 10.8. The highest BCUT2D eigenvalue weighted by atomic mass is 15.1. The van der Waals surface area contributed by atoms with Crippen LogP contribution in [0.3, 0.4) is 0 Å². The highest BCUT2D eigenvalue weighted by Gasteiger charge is 2.20. The molecule has 44 heavy (non-hydrogen) atoms. The zero-order chi connectivity index (χ0) is 29.5. The van der Waals surface area contributed by atoms with Crippen molar-refractivity contribution >= 4 is 55.3 Å². The van der Waals surface area contributed by atoms with Gasteiger partial charge in [0.15, 0.2) is 5.84 Å². The van der Waals surface area contributed by atoms with E-state index in [0.29, 0.717) is 18.3 Å². The van der Waals surface area contributed by atoms with Crippen LogP contribution in [0.4, 0.5) is 0 Å². The number of aliphatic imine (C=N–C) groups is 2. The first-order valence-electron chi connectivity index (χ1n) is 14.8. The minimum absolute atomic E-state index is 0.370. The molecular weight excluding hydrogens is 538 g/mol. The van der Waals surface area contributed by atoms with Crippen LogP contribution in [0.1, 0.15) is 11.1 Å². The van der Waals surface area contributed by atoms with Crippen molar-refractivity contribution in [1.29, 1.82) is 0 Å². The molecule has 0 saturated carbocycles. The van der Waals surface area contributed by atoms with Crippen LogP contribution in [0.5, 0.6) is 0 Å². The van der Waals surface area contributed by atoms with E-state index in [2.05, 4.69) is 100 Å². The normalized spacial score (nSPS) is 12.5. The summed E-state index contributed by atoms with van der Waals surface area (Å²) in [5.74, 6) is 1.02. The average molecular weight is 568 g/mol. The van der Waals surface area contributed by atoms with E-state index in [1.54, 1.807) is 0 Å². The average Bonchev–Trinajstić information content (AvgIpc) is 3.60. The van der Waals surface area contributed by atoms with E-state index in [9.17, 15) is 0 Å². The van der Waals surface area contributed by atoms with Crippen molar-refractivity contribution in [2.45, 2.75) is 6.67 Å². The van der Waals surface area contributed by atoms with Crippen LogP contribution in [0.2, 0.25) is 0 Å². The molecule has 2 aromatic heterocycles. The van der Waals surface area contributed by atoms with Crippen molar-refractivity contribution < 1.29 is 0 Å². The van der Waals surface area contributed by atoms with Crippen molar-refractivity contribution in [3.8, 4) is 5.69 Å². The Morgan fingerprint density at radius 1 is 0.500 bits per heavy atom. The summed E-state index contributed by atoms with van der Waals surface area (Å²) in [5.41, 5.74) is 14.0. The molecule has 0 unspecified atom stereocenters. The van der Waals surface area contributed by atoms with E-state index in [-0.39, 0.29) is 0 Å². The molecule has 0 radical (unpaired) electrons. The van der Waals surface area contributed by atoms with Gasteiger partial charge < -0.3 is 14.9 Å². The maximum absolute atomic E-state index is 6.52. The number of nitrogens with zero attached hydrogens (tertiary/aromatic N) is 4. The van der Waals surface area contributed by atoms with E-state index >= 15 is 0 Å². The highest BCUT2D eigenvalue weighted by Crippen LogP contribution is 2.40. The van der Waals surface area contributed by atoms with Gasteiger partial charge in [0.1, 0.15) is 12.5 Å². The van der Waals surface area contributed by atoms with Crippen molar-refractivity contribution in [3.05, 3.63) is 163 Å². The molecule has 0 bridgehead atoms. The lowest BCUT2D eigenvalue weighted by Crippen LogP contribution is -2.16. The molecule has 8 rings (SSSR count). The Labute approximate surface area is 254 Å². The van der Waals surface area contributed by atoms with Crippen molar-refractivity contribution in [2.75, 3.05) is 0 Å². The molecule has 2 heterocycles. The van der Waals surface area contributed by atoms with Crippen LogP contribution in [0.25, 0.3) is 49.3 Å². The number of para-hydroxylation sites is 3. The fourth-order valence-corrected chi connectivity index (χ4v) is 6.28. The summed E-state index contributed by atoms with van der Waals surface area (Å²) in [6.45, 7) is 0.370. The lowest BCUT2D eigenvalue weighted by atomic mass is 10.1. The Hall–Kier alpha value is -5.94. The molecule has 5 nitrogen and oxygen atoms in total. The summed E-state index contributed by atoms with van der Waals surface area (Å²) >= 11 is 0. The van der Waals surface area contributed by atoms with Crippen molar-refractivity contribution in [1.82, 2.24) is 9.13 Å². The number of rotatable bonds is 5. The molecule has 8 aromatic rings. The van der Waals surface area contributed by atoms with Gasteiger partial charge in [-0.05, 0) is 24.3 Å². The Morgan fingerprint density at radius 2 is 1.02 bits per heavy atom. The van der Waals surface area contributed by atoms with Gasteiger partial charge in [0.25, 0.3) is 0 Å². The summed E-state index contributed by atoms with van der Waals surface area (Å²) < 4.78 is 4.71. The molecule has 0 aliphatic heterocycles. The van der Waals surface area contributed by atoms with Gasteiger partial charge in [0.2, 0.25) is 0 Å². The fraction of sp³-hybridized carbons (Fsp3) is 0.0256. The van der Waals surface area contributed by atoms with Gasteiger partial charge in [-0.1, -0.05) is 127 Å². The van der Waals surface area contributed by atoms with E-state index < -0.39 is 0 Å². The van der Waals surface area contributed by atoms with Crippen LogP contribution < -0.4 is 5.73 Å². The number of hydrogen-bond donors (Lipinski definition) is 1. The summed E-state index contributed by atoms with van der Waals surface area (Å²) in [6, 6.07) is 52.2. The summed E-state index contributed by atoms with van der Waals surface area (Å²) in [4.78, 5) is 10.0. The quantitative estimate of drug-likeness (QED) is 0.164. The second kappa shape index (κ2) is 10.7. The molecule has 0 fully saturated rings. The Kier molecular flexibility index (Phi) is 6.27. The second-order valence-electron chi connectivity index (χ2n) is 10.8. The highest BCUT2D eigenvalue weighted by molar-refractivity contribution is 6.23. The molecule has 0 aliphatic carbocycles. The van der Waals surface area contributed by atoms with Gasteiger partial charge in [-0.3, -0.25) is 0 Å². The van der Waals surface area contributed by atoms with Gasteiger partial charge in [-0.2, -0.15) is 0 Å². The minimum atomic E-state index is 0.370. The molecule has 210 valence electrons. The molecule has 0 amide bonds. The van der Waals surface area contributed by atoms with E-state index in [4.69, 9.17) is 15.7 Å². The third-order valence-corrected chi connectivity index (χ3v) is 8.27. The molecular formula is C39H29N5. The lowest BCUT2D eigenvalue weighted by molar-refractivity contribution is 0.792. The topological polar surface area (TPSA) is 60.6 Å². The molecule has 0 aliphatic rings. The van der Waals surface area contributed by atoms with Gasteiger partial charge >= 0.3 is 0 Å². The zero-order valence-corrected chi connectivity index (χ0v) is 24.0. The number of nitrogens with two attached hydrogens (primary N) is 1. The molecule has 0 spiro atoms. The van der Waals surface area contributed by atoms with Gasteiger partial charge in [-0.15, -0.1) is 0 Å². The number of benzene rings is 6. The predicted molar refractivity (Wildman–Crippen MR) is 184 cm³/mol. The predicted octanol–water partition coefficient (Wildman–Crippen LogP) is 8.70. The smallest absolute Gasteiger partial charge is 0.158 e. The van der Waals surface area contributed by atoms with Crippen LogP contribution in [0.15, 0.2) is 162 Å². The first-order valence-corrected chi connectivity index (χ1v) is 14.8. The standard InChI is InChI=1S/C39H29N5/c40-38(27-14-4-1-5-15-27)42-39(28-16-6-2-7-17-28)41-26-43-34-22-12-10-20-30(34)32-24-25-33-31-21-11-13-23-35(31)44(37(33)36(32)43)29-18-8-3-9-19-29/h1-25H,26H2,(H2,40,41,42). The molecule has 6 aromatic carbocycles. The molecule has 2 N–H and O–H groups in total. The third-order valence-electron chi connectivity index (χ3n) is 8.27. The van der Waals surface area contributed by atoms with Crippen LogP contribution in [0, 0.1) is 0 Å². The molecule has 0 saturated heterocycles. The largest absolute Gasteiger partial charge is 0.383 e. The van der Waals surface area contributed by atoms with Crippen LogP contribution >= 0.6 is 0 Å². The number of aromatic nitrogens is 2. The van der Waals surface area contributed by atoms with Crippen LogP contribution in [-0.2, 0) is 6.67 Å². The summed E-state index contributed by atoms with van der Waals surface area (Å²) in [6.07, 6.45) is 0. The van der Waals surface area contributed by atoms with Gasteiger partial charge in [0, 0.05) is 38.4 Å². The number of fused-ring (bicyclic) bond motifs is 7. The molecule has 0 atom stereocenters. The first-order chi connectivity index (χ1) is 21.8. The van der Waals surface area contributed by atoms with Crippen LogP contribution in [-0.4, -0.2) is 20.8 Å². The maximum Gasteiger partial charge on any atom is 0.158 e. The minimum Gasteiger partial charge on any atom is -0.383 e. The Bertz CT molecular complexity index is 2350. The SMILES string of the molecule is NC(=N/C(=N\Cn1c2ccccc2c2ccc3c4ccccc4n(-c4ccccc4)c3c21)c1ccccc1)c1ccccc1. The Balaban J connectivity index is 1.42. The van der Waals surface area contributed by atoms with E-state index in [1.807, 2.05) is 60.7 Å².